The van der Waals surface area contributed by atoms with Gasteiger partial charge in [-0.25, -0.2) is 9.78 Å². The first-order valence-corrected chi connectivity index (χ1v) is 8.76. The number of rotatable bonds is 5. The number of ether oxygens (including phenoxy) is 1. The van der Waals surface area contributed by atoms with Crippen LogP contribution in [0.25, 0.3) is 0 Å². The maximum Gasteiger partial charge on any atom is 0.337 e. The van der Waals surface area contributed by atoms with E-state index in [9.17, 15) is 9.59 Å². The standard InChI is InChI=1S/C22H21N3O3/c1-14-7-8-15(2)19(11-14)25-20-10-9-17(13-23-20)21(26)24-18-6-4-5-16(12-18)22(27)28-3/h4-13H,1-3H3,(H,23,25)(H,24,26). The van der Waals surface area contributed by atoms with Gasteiger partial charge < -0.3 is 15.4 Å². The molecule has 0 spiro atoms. The Morgan fingerprint density at radius 1 is 0.964 bits per heavy atom. The van der Waals surface area contributed by atoms with Crippen molar-refractivity contribution >= 4 is 29.1 Å². The summed E-state index contributed by atoms with van der Waals surface area (Å²) in [5.74, 6) is -0.120. The Balaban J connectivity index is 1.70. The highest BCUT2D eigenvalue weighted by atomic mass is 16.5. The number of benzene rings is 2. The highest BCUT2D eigenvalue weighted by Gasteiger charge is 2.10. The molecule has 0 fully saturated rings. The minimum absolute atomic E-state index is 0.312. The Bertz CT molecular complexity index is 1010. The van der Waals surface area contributed by atoms with Crippen LogP contribution in [0.4, 0.5) is 17.2 Å². The molecule has 0 saturated carbocycles. The molecule has 2 N–H and O–H groups in total. The second kappa shape index (κ2) is 8.35. The SMILES string of the molecule is COC(=O)c1cccc(NC(=O)c2ccc(Nc3cc(C)ccc3C)nc2)c1. The first-order chi connectivity index (χ1) is 13.5. The summed E-state index contributed by atoms with van der Waals surface area (Å²) in [4.78, 5) is 28.4. The number of aryl methyl sites for hydroxylation is 2. The number of nitrogens with zero attached hydrogens (tertiary/aromatic N) is 1. The molecule has 3 aromatic rings. The Morgan fingerprint density at radius 3 is 2.50 bits per heavy atom. The summed E-state index contributed by atoms with van der Waals surface area (Å²) >= 11 is 0. The van der Waals surface area contributed by atoms with Crippen molar-refractivity contribution < 1.29 is 14.3 Å². The summed E-state index contributed by atoms with van der Waals surface area (Å²) in [6, 6.07) is 16.2. The topological polar surface area (TPSA) is 80.3 Å². The molecule has 6 heteroatoms. The van der Waals surface area contributed by atoms with Gasteiger partial charge in [0.25, 0.3) is 5.91 Å². The molecule has 0 radical (unpaired) electrons. The monoisotopic (exact) mass is 375 g/mol. The van der Waals surface area contributed by atoms with E-state index in [4.69, 9.17) is 0 Å². The first kappa shape index (κ1) is 19.1. The van der Waals surface area contributed by atoms with Gasteiger partial charge in [-0.05, 0) is 61.4 Å². The van der Waals surface area contributed by atoms with Gasteiger partial charge in [0, 0.05) is 17.6 Å². The molecule has 1 heterocycles. The number of anilines is 3. The lowest BCUT2D eigenvalue weighted by Crippen LogP contribution is -2.13. The number of amides is 1. The van der Waals surface area contributed by atoms with E-state index in [1.54, 1.807) is 36.4 Å². The summed E-state index contributed by atoms with van der Waals surface area (Å²) < 4.78 is 4.69. The maximum atomic E-state index is 12.4. The highest BCUT2D eigenvalue weighted by molar-refractivity contribution is 6.04. The lowest BCUT2D eigenvalue weighted by molar-refractivity contribution is 0.0600. The quantitative estimate of drug-likeness (QED) is 0.643. The van der Waals surface area contributed by atoms with Gasteiger partial charge in [-0.15, -0.1) is 0 Å². The van der Waals surface area contributed by atoms with Crippen molar-refractivity contribution in [3.63, 3.8) is 0 Å². The molecule has 0 unspecified atom stereocenters. The van der Waals surface area contributed by atoms with E-state index < -0.39 is 5.97 Å². The summed E-state index contributed by atoms with van der Waals surface area (Å²) in [6.07, 6.45) is 1.51. The number of esters is 1. The molecule has 0 aliphatic rings. The van der Waals surface area contributed by atoms with Crippen molar-refractivity contribution in [2.75, 3.05) is 17.7 Å². The Kier molecular flexibility index (Phi) is 5.69. The van der Waals surface area contributed by atoms with E-state index in [0.29, 0.717) is 22.6 Å². The molecule has 0 saturated heterocycles. The molecule has 6 nitrogen and oxygen atoms in total. The fourth-order valence-electron chi connectivity index (χ4n) is 2.66. The molecule has 28 heavy (non-hydrogen) atoms. The number of carbonyl (C=O) groups excluding carboxylic acids is 2. The first-order valence-electron chi connectivity index (χ1n) is 8.76. The number of pyridine rings is 1. The van der Waals surface area contributed by atoms with Crippen molar-refractivity contribution in [1.29, 1.82) is 0 Å². The third-order valence-corrected chi connectivity index (χ3v) is 4.22. The average molecular weight is 375 g/mol. The van der Waals surface area contributed by atoms with Crippen LogP contribution in [0, 0.1) is 13.8 Å². The van der Waals surface area contributed by atoms with E-state index in [2.05, 4.69) is 26.4 Å². The van der Waals surface area contributed by atoms with E-state index in [1.165, 1.54) is 13.3 Å². The second-order valence-electron chi connectivity index (χ2n) is 6.40. The van der Waals surface area contributed by atoms with Crippen molar-refractivity contribution in [1.82, 2.24) is 4.98 Å². The number of methoxy groups -OCH3 is 1. The zero-order chi connectivity index (χ0) is 20.1. The molecule has 0 atom stereocenters. The van der Waals surface area contributed by atoms with Crippen molar-refractivity contribution in [3.05, 3.63) is 83.0 Å². The Morgan fingerprint density at radius 2 is 1.79 bits per heavy atom. The van der Waals surface area contributed by atoms with Crippen LogP contribution in [-0.2, 0) is 4.74 Å². The van der Waals surface area contributed by atoms with Crippen LogP contribution in [-0.4, -0.2) is 24.0 Å². The highest BCUT2D eigenvalue weighted by Crippen LogP contribution is 2.21. The molecular weight excluding hydrogens is 354 g/mol. The molecule has 1 aromatic heterocycles. The number of nitrogens with one attached hydrogen (secondary N) is 2. The van der Waals surface area contributed by atoms with E-state index >= 15 is 0 Å². The minimum atomic E-state index is -0.459. The molecular formula is C22H21N3O3. The largest absolute Gasteiger partial charge is 0.465 e. The molecule has 0 aliphatic heterocycles. The summed E-state index contributed by atoms with van der Waals surface area (Å²) in [7, 11) is 1.31. The fraction of sp³-hybridized carbons (Fsp3) is 0.136. The molecule has 0 bridgehead atoms. The molecule has 1 amide bonds. The Hall–Kier alpha value is -3.67. The third kappa shape index (κ3) is 4.54. The fourth-order valence-corrected chi connectivity index (χ4v) is 2.66. The summed E-state index contributed by atoms with van der Waals surface area (Å²) in [6.45, 7) is 4.05. The number of carbonyl (C=O) groups is 2. The summed E-state index contributed by atoms with van der Waals surface area (Å²) in [5.41, 5.74) is 4.52. The number of hydrogen-bond acceptors (Lipinski definition) is 5. The smallest absolute Gasteiger partial charge is 0.337 e. The second-order valence-corrected chi connectivity index (χ2v) is 6.40. The van der Waals surface area contributed by atoms with Gasteiger partial charge in [-0.3, -0.25) is 4.79 Å². The van der Waals surface area contributed by atoms with Crippen LogP contribution < -0.4 is 10.6 Å². The van der Waals surface area contributed by atoms with Crippen molar-refractivity contribution in [2.45, 2.75) is 13.8 Å². The van der Waals surface area contributed by atoms with Crippen LogP contribution in [0.3, 0.4) is 0 Å². The van der Waals surface area contributed by atoms with Gasteiger partial charge in [0.05, 0.1) is 18.2 Å². The average Bonchev–Trinajstić information content (AvgIpc) is 2.71. The summed E-state index contributed by atoms with van der Waals surface area (Å²) in [5, 5.41) is 6.02. The zero-order valence-electron chi connectivity index (χ0n) is 15.9. The van der Waals surface area contributed by atoms with E-state index in [1.807, 2.05) is 26.0 Å². The normalized spacial score (nSPS) is 10.2. The molecule has 3 rings (SSSR count). The van der Waals surface area contributed by atoms with Crippen LogP contribution in [0.2, 0.25) is 0 Å². The van der Waals surface area contributed by atoms with Gasteiger partial charge in [0.2, 0.25) is 0 Å². The van der Waals surface area contributed by atoms with Crippen LogP contribution in [0.15, 0.2) is 60.8 Å². The predicted molar refractivity (Wildman–Crippen MR) is 109 cm³/mol. The lowest BCUT2D eigenvalue weighted by Gasteiger charge is -2.10. The van der Waals surface area contributed by atoms with Gasteiger partial charge in [0.15, 0.2) is 0 Å². The molecule has 0 aliphatic carbocycles. The van der Waals surface area contributed by atoms with Gasteiger partial charge >= 0.3 is 5.97 Å². The van der Waals surface area contributed by atoms with Gasteiger partial charge in [0.1, 0.15) is 5.82 Å². The predicted octanol–water partition coefficient (Wildman–Crippen LogP) is 4.48. The lowest BCUT2D eigenvalue weighted by atomic mass is 10.1. The molecule has 2 aromatic carbocycles. The van der Waals surface area contributed by atoms with Gasteiger partial charge in [-0.2, -0.15) is 0 Å². The molecule has 142 valence electrons. The minimum Gasteiger partial charge on any atom is -0.465 e. The van der Waals surface area contributed by atoms with Gasteiger partial charge in [-0.1, -0.05) is 18.2 Å². The van der Waals surface area contributed by atoms with Crippen LogP contribution >= 0.6 is 0 Å². The van der Waals surface area contributed by atoms with Crippen molar-refractivity contribution in [3.8, 4) is 0 Å². The number of hydrogen-bond donors (Lipinski definition) is 2. The maximum absolute atomic E-state index is 12.4. The number of aromatic nitrogens is 1. The van der Waals surface area contributed by atoms with Crippen LogP contribution in [0.1, 0.15) is 31.8 Å². The Labute approximate surface area is 163 Å². The van der Waals surface area contributed by atoms with Crippen LogP contribution in [0.5, 0.6) is 0 Å². The van der Waals surface area contributed by atoms with Crippen molar-refractivity contribution in [2.24, 2.45) is 0 Å². The third-order valence-electron chi connectivity index (χ3n) is 4.22. The zero-order valence-corrected chi connectivity index (χ0v) is 15.9. The van der Waals surface area contributed by atoms with E-state index in [-0.39, 0.29) is 5.91 Å². The van der Waals surface area contributed by atoms with E-state index in [0.717, 1.165) is 16.8 Å².